The Morgan fingerprint density at radius 3 is 2.62 bits per heavy atom. The van der Waals surface area contributed by atoms with Crippen molar-refractivity contribution in [2.45, 2.75) is 11.5 Å². The van der Waals surface area contributed by atoms with Crippen LogP contribution in [-0.4, -0.2) is 23.6 Å². The Bertz CT molecular complexity index is 878. The summed E-state index contributed by atoms with van der Waals surface area (Å²) in [5, 5.41) is 7.71. The fraction of sp³-hybridized carbons (Fsp3) is 0.0769. The van der Waals surface area contributed by atoms with Crippen LogP contribution in [0, 0.1) is 0 Å². The van der Waals surface area contributed by atoms with Gasteiger partial charge in [0, 0.05) is 10.7 Å². The van der Waals surface area contributed by atoms with Gasteiger partial charge in [-0.2, -0.15) is 0 Å². The molecule has 1 heterocycles. The molecule has 0 saturated carbocycles. The Hall–Kier alpha value is -2.12. The van der Waals surface area contributed by atoms with Crippen molar-refractivity contribution in [3.8, 4) is 0 Å². The maximum atomic E-state index is 11.3. The van der Waals surface area contributed by atoms with E-state index < -0.39 is 9.05 Å². The number of aromatic nitrogens is 3. The lowest BCUT2D eigenvalue weighted by molar-refractivity contribution is 0.0751. The molecule has 0 unspecified atom stereocenters. The van der Waals surface area contributed by atoms with Crippen LogP contribution in [0.3, 0.4) is 0 Å². The molecule has 108 valence electrons. The standard InChI is InChI=1S/C13H10ClN3O3S/c14-21(18,19)11-6-7-13-12(8-11)15-16-17(13)20-9-10-4-2-1-3-5-10/h1-8H,9H2. The van der Waals surface area contributed by atoms with Gasteiger partial charge in [-0.3, -0.25) is 0 Å². The molecule has 6 nitrogen and oxygen atoms in total. The van der Waals surface area contributed by atoms with Crippen molar-refractivity contribution in [2.24, 2.45) is 0 Å². The summed E-state index contributed by atoms with van der Waals surface area (Å²) in [4.78, 5) is 6.77. The molecule has 0 atom stereocenters. The molecule has 0 aliphatic rings. The number of benzene rings is 2. The van der Waals surface area contributed by atoms with E-state index in [0.29, 0.717) is 17.6 Å². The molecule has 3 rings (SSSR count). The van der Waals surface area contributed by atoms with Gasteiger partial charge >= 0.3 is 0 Å². The highest BCUT2D eigenvalue weighted by molar-refractivity contribution is 8.13. The number of fused-ring (bicyclic) bond motifs is 1. The van der Waals surface area contributed by atoms with E-state index in [9.17, 15) is 8.42 Å². The van der Waals surface area contributed by atoms with Crippen molar-refractivity contribution in [1.29, 1.82) is 0 Å². The zero-order chi connectivity index (χ0) is 14.9. The lowest BCUT2D eigenvalue weighted by Crippen LogP contribution is -2.12. The van der Waals surface area contributed by atoms with Crippen LogP contribution in [0.25, 0.3) is 11.0 Å². The quantitative estimate of drug-likeness (QED) is 0.686. The van der Waals surface area contributed by atoms with Crippen molar-refractivity contribution < 1.29 is 13.3 Å². The fourth-order valence-corrected chi connectivity index (χ4v) is 2.61. The SMILES string of the molecule is O=S(=O)(Cl)c1ccc2c(c1)nnn2OCc1ccccc1. The molecule has 0 spiro atoms. The first kappa shape index (κ1) is 13.8. The topological polar surface area (TPSA) is 74.1 Å². The second kappa shape index (κ2) is 5.34. The zero-order valence-electron chi connectivity index (χ0n) is 10.7. The van der Waals surface area contributed by atoms with Crippen LogP contribution in [0.15, 0.2) is 53.4 Å². The maximum Gasteiger partial charge on any atom is 0.261 e. The van der Waals surface area contributed by atoms with Crippen molar-refractivity contribution >= 4 is 30.8 Å². The van der Waals surface area contributed by atoms with Gasteiger partial charge in [0.05, 0.1) is 4.90 Å². The average Bonchev–Trinajstić information content (AvgIpc) is 2.87. The predicted molar refractivity (Wildman–Crippen MR) is 77.3 cm³/mol. The van der Waals surface area contributed by atoms with Gasteiger partial charge in [0.2, 0.25) is 0 Å². The molecule has 0 radical (unpaired) electrons. The second-order valence-electron chi connectivity index (χ2n) is 4.31. The van der Waals surface area contributed by atoms with Gasteiger partial charge in [-0.1, -0.05) is 35.2 Å². The van der Waals surface area contributed by atoms with E-state index in [1.165, 1.54) is 17.0 Å². The Kier molecular flexibility index (Phi) is 3.52. The molecule has 2 aromatic carbocycles. The summed E-state index contributed by atoms with van der Waals surface area (Å²) in [6.45, 7) is 0.328. The first-order valence-corrected chi connectivity index (χ1v) is 8.32. The summed E-state index contributed by atoms with van der Waals surface area (Å²) in [7, 11) is 1.51. The molecule has 3 aromatic rings. The smallest absolute Gasteiger partial charge is 0.261 e. The lowest BCUT2D eigenvalue weighted by Gasteiger charge is -2.05. The van der Waals surface area contributed by atoms with Crippen LogP contribution in [0.1, 0.15) is 5.56 Å². The molecule has 0 N–H and O–H groups in total. The van der Waals surface area contributed by atoms with E-state index in [1.807, 2.05) is 30.3 Å². The van der Waals surface area contributed by atoms with Crippen molar-refractivity contribution in [2.75, 3.05) is 0 Å². The summed E-state index contributed by atoms with van der Waals surface area (Å²) in [5.74, 6) is 0. The van der Waals surface area contributed by atoms with Gasteiger partial charge in [0.1, 0.15) is 17.6 Å². The summed E-state index contributed by atoms with van der Waals surface area (Å²) in [6.07, 6.45) is 0. The Morgan fingerprint density at radius 2 is 1.90 bits per heavy atom. The highest BCUT2D eigenvalue weighted by Crippen LogP contribution is 2.19. The van der Waals surface area contributed by atoms with Gasteiger partial charge < -0.3 is 4.84 Å². The van der Waals surface area contributed by atoms with E-state index in [0.717, 1.165) is 5.56 Å². The Balaban J connectivity index is 1.87. The molecule has 8 heteroatoms. The van der Waals surface area contributed by atoms with Crippen LogP contribution >= 0.6 is 10.7 Å². The minimum Gasteiger partial charge on any atom is -0.390 e. The first-order chi connectivity index (χ1) is 10.0. The first-order valence-electron chi connectivity index (χ1n) is 6.01. The maximum absolute atomic E-state index is 11.3. The summed E-state index contributed by atoms with van der Waals surface area (Å²) >= 11 is 0. The summed E-state index contributed by atoms with van der Waals surface area (Å²) in [6, 6.07) is 13.9. The van der Waals surface area contributed by atoms with Gasteiger partial charge in [-0.15, -0.1) is 5.10 Å². The highest BCUT2D eigenvalue weighted by Gasteiger charge is 2.13. The van der Waals surface area contributed by atoms with Crippen molar-refractivity contribution in [1.82, 2.24) is 15.2 Å². The van der Waals surface area contributed by atoms with Crippen LogP contribution in [-0.2, 0) is 15.7 Å². The lowest BCUT2D eigenvalue weighted by atomic mass is 10.2. The van der Waals surface area contributed by atoms with E-state index >= 15 is 0 Å². The number of hydrogen-bond acceptors (Lipinski definition) is 5. The third kappa shape index (κ3) is 2.98. The molecule has 0 saturated heterocycles. The molecule has 21 heavy (non-hydrogen) atoms. The van der Waals surface area contributed by atoms with Crippen LogP contribution in [0.5, 0.6) is 0 Å². The van der Waals surface area contributed by atoms with Crippen LogP contribution in [0.4, 0.5) is 0 Å². The Morgan fingerprint density at radius 1 is 1.14 bits per heavy atom. The van der Waals surface area contributed by atoms with Gasteiger partial charge in [0.25, 0.3) is 9.05 Å². The molecule has 0 aliphatic heterocycles. The minimum atomic E-state index is -3.79. The molecular weight excluding hydrogens is 314 g/mol. The van der Waals surface area contributed by atoms with Crippen LogP contribution in [0.2, 0.25) is 0 Å². The molecule has 0 amide bonds. The summed E-state index contributed by atoms with van der Waals surface area (Å²) in [5.41, 5.74) is 1.95. The van der Waals surface area contributed by atoms with Crippen molar-refractivity contribution in [3.63, 3.8) is 0 Å². The minimum absolute atomic E-state index is 0.0215. The summed E-state index contributed by atoms with van der Waals surface area (Å²) < 4.78 is 22.5. The largest absolute Gasteiger partial charge is 0.390 e. The zero-order valence-corrected chi connectivity index (χ0v) is 12.3. The number of hydrogen-bond donors (Lipinski definition) is 0. The number of halogens is 1. The molecular formula is C13H10ClN3O3S. The third-order valence-corrected chi connectivity index (χ3v) is 4.22. The molecule has 0 bridgehead atoms. The van der Waals surface area contributed by atoms with Gasteiger partial charge in [-0.25, -0.2) is 8.42 Å². The third-order valence-electron chi connectivity index (χ3n) is 2.86. The molecule has 0 aliphatic carbocycles. The van der Waals surface area contributed by atoms with E-state index in [2.05, 4.69) is 10.3 Å². The molecule has 0 fully saturated rings. The highest BCUT2D eigenvalue weighted by atomic mass is 35.7. The molecule has 1 aromatic heterocycles. The van der Waals surface area contributed by atoms with E-state index in [-0.39, 0.29) is 4.90 Å². The van der Waals surface area contributed by atoms with Crippen molar-refractivity contribution in [3.05, 3.63) is 54.1 Å². The number of rotatable bonds is 4. The normalized spacial score (nSPS) is 11.7. The van der Waals surface area contributed by atoms with Gasteiger partial charge in [0.15, 0.2) is 0 Å². The fourth-order valence-electron chi connectivity index (χ4n) is 1.84. The average molecular weight is 324 g/mol. The Labute approximate surface area is 125 Å². The second-order valence-corrected chi connectivity index (χ2v) is 6.88. The van der Waals surface area contributed by atoms with Gasteiger partial charge in [-0.05, 0) is 29.0 Å². The van der Waals surface area contributed by atoms with E-state index in [1.54, 1.807) is 6.07 Å². The predicted octanol–water partition coefficient (Wildman–Crippen LogP) is 1.99. The van der Waals surface area contributed by atoms with Crippen LogP contribution < -0.4 is 4.84 Å². The number of nitrogens with zero attached hydrogens (tertiary/aromatic N) is 3. The van der Waals surface area contributed by atoms with E-state index in [4.69, 9.17) is 15.5 Å². The monoisotopic (exact) mass is 323 g/mol.